The van der Waals surface area contributed by atoms with Gasteiger partial charge in [-0.1, -0.05) is 18.5 Å². The van der Waals surface area contributed by atoms with Gasteiger partial charge < -0.3 is 4.90 Å². The quantitative estimate of drug-likeness (QED) is 0.687. The highest BCUT2D eigenvalue weighted by Crippen LogP contribution is 2.36. The van der Waals surface area contributed by atoms with Crippen molar-refractivity contribution >= 4 is 44.8 Å². The summed E-state index contributed by atoms with van der Waals surface area (Å²) in [6, 6.07) is 7.67. The number of hydrogen-bond acceptors (Lipinski definition) is 2. The highest BCUT2D eigenvalue weighted by atomic mass is 79.9. The Morgan fingerprint density at radius 1 is 1.48 bits per heavy atom. The lowest BCUT2D eigenvalue weighted by Crippen LogP contribution is -2.39. The van der Waals surface area contributed by atoms with Gasteiger partial charge in [0, 0.05) is 20.9 Å². The smallest absolute Gasteiger partial charge is 0.255 e. The highest BCUT2D eigenvalue weighted by molar-refractivity contribution is 9.10. The van der Waals surface area contributed by atoms with Gasteiger partial charge in [-0.15, -0.1) is 11.3 Å². The second-order valence-corrected chi connectivity index (χ2v) is 7.39. The number of hydrogen-bond donors (Lipinski definition) is 0. The Labute approximate surface area is 141 Å². The van der Waals surface area contributed by atoms with Crippen LogP contribution in [0, 0.1) is 0 Å². The summed E-state index contributed by atoms with van der Waals surface area (Å²) in [4.78, 5) is 16.3. The standard InChI is InChI=1S/C16H15BrClNOS/c1-2-14-11-6-8-21-15(11)5-7-19(14)16(20)12-9-10(18)3-4-13(12)17/h3-4,6,8-9,14H,2,5,7H2,1H3. The van der Waals surface area contributed by atoms with Crippen LogP contribution in [0.2, 0.25) is 5.02 Å². The number of carbonyl (C=O) groups excluding carboxylic acids is 1. The Bertz CT molecular complexity index is 685. The van der Waals surface area contributed by atoms with Crippen LogP contribution in [0.3, 0.4) is 0 Å². The zero-order chi connectivity index (χ0) is 15.0. The number of halogens is 2. The van der Waals surface area contributed by atoms with E-state index in [9.17, 15) is 4.79 Å². The molecule has 0 bridgehead atoms. The molecule has 110 valence electrons. The SMILES string of the molecule is CCC1c2ccsc2CCN1C(=O)c1cc(Cl)ccc1Br. The fourth-order valence-electron chi connectivity index (χ4n) is 2.90. The Morgan fingerprint density at radius 3 is 3.05 bits per heavy atom. The van der Waals surface area contributed by atoms with Crippen LogP contribution in [0.1, 0.15) is 40.2 Å². The molecule has 1 aliphatic rings. The molecule has 2 heterocycles. The molecule has 0 N–H and O–H groups in total. The molecular formula is C16H15BrClNOS. The zero-order valence-electron chi connectivity index (χ0n) is 11.6. The molecule has 1 unspecified atom stereocenters. The molecule has 1 aromatic carbocycles. The average molecular weight is 385 g/mol. The van der Waals surface area contributed by atoms with E-state index in [2.05, 4.69) is 34.3 Å². The normalized spacial score (nSPS) is 17.7. The van der Waals surface area contributed by atoms with E-state index in [0.29, 0.717) is 10.6 Å². The Kier molecular flexibility index (Phi) is 4.38. The first kappa shape index (κ1) is 15.1. The summed E-state index contributed by atoms with van der Waals surface area (Å²) in [6.07, 6.45) is 1.86. The molecule has 1 aliphatic heterocycles. The number of fused-ring (bicyclic) bond motifs is 1. The molecule has 1 aromatic heterocycles. The van der Waals surface area contributed by atoms with Crippen molar-refractivity contribution < 1.29 is 4.79 Å². The van der Waals surface area contributed by atoms with E-state index in [-0.39, 0.29) is 11.9 Å². The van der Waals surface area contributed by atoms with E-state index in [1.807, 2.05) is 11.0 Å². The van der Waals surface area contributed by atoms with Crippen LogP contribution >= 0.6 is 38.9 Å². The maximum atomic E-state index is 12.9. The van der Waals surface area contributed by atoms with Gasteiger partial charge in [0.25, 0.3) is 5.91 Å². The van der Waals surface area contributed by atoms with Gasteiger partial charge in [-0.3, -0.25) is 4.79 Å². The Hall–Kier alpha value is -0.840. The van der Waals surface area contributed by atoms with Crippen molar-refractivity contribution in [2.45, 2.75) is 25.8 Å². The lowest BCUT2D eigenvalue weighted by Gasteiger charge is -2.35. The van der Waals surface area contributed by atoms with Crippen molar-refractivity contribution in [3.63, 3.8) is 0 Å². The minimum absolute atomic E-state index is 0.0491. The summed E-state index contributed by atoms with van der Waals surface area (Å²) in [5.41, 5.74) is 1.94. The van der Waals surface area contributed by atoms with Crippen molar-refractivity contribution in [1.29, 1.82) is 0 Å². The third kappa shape index (κ3) is 2.77. The number of nitrogens with zero attached hydrogens (tertiary/aromatic N) is 1. The summed E-state index contributed by atoms with van der Waals surface area (Å²) >= 11 is 11.3. The molecule has 0 aliphatic carbocycles. The summed E-state index contributed by atoms with van der Waals surface area (Å²) in [7, 11) is 0. The van der Waals surface area contributed by atoms with Crippen molar-refractivity contribution in [3.8, 4) is 0 Å². The topological polar surface area (TPSA) is 20.3 Å². The lowest BCUT2D eigenvalue weighted by atomic mass is 9.97. The predicted molar refractivity (Wildman–Crippen MR) is 91.2 cm³/mol. The zero-order valence-corrected chi connectivity index (χ0v) is 14.8. The minimum atomic E-state index is 0.0491. The minimum Gasteiger partial charge on any atom is -0.331 e. The van der Waals surface area contributed by atoms with Gasteiger partial charge in [-0.05, 0) is 64.0 Å². The van der Waals surface area contributed by atoms with Gasteiger partial charge in [0.05, 0.1) is 11.6 Å². The third-order valence-corrected chi connectivity index (χ3v) is 5.82. The van der Waals surface area contributed by atoms with Crippen molar-refractivity contribution in [1.82, 2.24) is 4.90 Å². The maximum absolute atomic E-state index is 12.9. The van der Waals surface area contributed by atoms with Gasteiger partial charge in [-0.2, -0.15) is 0 Å². The average Bonchev–Trinajstić information content (AvgIpc) is 2.96. The van der Waals surface area contributed by atoms with Crippen LogP contribution in [-0.2, 0) is 6.42 Å². The summed E-state index contributed by atoms with van der Waals surface area (Å²) < 4.78 is 0.794. The maximum Gasteiger partial charge on any atom is 0.255 e. The molecule has 3 rings (SSSR count). The molecule has 0 spiro atoms. The number of rotatable bonds is 2. The monoisotopic (exact) mass is 383 g/mol. The molecule has 1 amide bonds. The molecule has 21 heavy (non-hydrogen) atoms. The second-order valence-electron chi connectivity index (χ2n) is 5.10. The van der Waals surface area contributed by atoms with E-state index < -0.39 is 0 Å². The van der Waals surface area contributed by atoms with E-state index in [4.69, 9.17) is 11.6 Å². The fraction of sp³-hybridized carbons (Fsp3) is 0.312. The predicted octanol–water partition coefficient (Wildman–Crippen LogP) is 5.31. The van der Waals surface area contributed by atoms with Crippen molar-refractivity contribution in [2.75, 3.05) is 6.54 Å². The van der Waals surface area contributed by atoms with Crippen LogP contribution in [0.15, 0.2) is 34.1 Å². The first-order valence-electron chi connectivity index (χ1n) is 6.94. The van der Waals surface area contributed by atoms with Crippen LogP contribution in [0.25, 0.3) is 0 Å². The molecule has 0 radical (unpaired) electrons. The number of amides is 1. The summed E-state index contributed by atoms with van der Waals surface area (Å²) in [5, 5.41) is 2.71. The number of carbonyl (C=O) groups is 1. The van der Waals surface area contributed by atoms with Crippen molar-refractivity contribution in [2.24, 2.45) is 0 Å². The van der Waals surface area contributed by atoms with Crippen LogP contribution in [-0.4, -0.2) is 17.4 Å². The van der Waals surface area contributed by atoms with E-state index in [1.165, 1.54) is 10.4 Å². The first-order chi connectivity index (χ1) is 10.1. The molecule has 5 heteroatoms. The lowest BCUT2D eigenvalue weighted by molar-refractivity contribution is 0.0656. The van der Waals surface area contributed by atoms with E-state index in [1.54, 1.807) is 23.5 Å². The van der Waals surface area contributed by atoms with Crippen molar-refractivity contribution in [3.05, 3.63) is 55.1 Å². The Balaban J connectivity index is 1.96. The summed E-state index contributed by atoms with van der Waals surface area (Å²) in [6.45, 7) is 2.90. The Morgan fingerprint density at radius 2 is 2.29 bits per heavy atom. The fourth-order valence-corrected chi connectivity index (χ4v) is 4.41. The van der Waals surface area contributed by atoms with Crippen LogP contribution < -0.4 is 0 Å². The molecule has 2 nitrogen and oxygen atoms in total. The van der Waals surface area contributed by atoms with Gasteiger partial charge >= 0.3 is 0 Å². The largest absolute Gasteiger partial charge is 0.331 e. The third-order valence-electron chi connectivity index (χ3n) is 3.90. The molecule has 0 saturated carbocycles. The number of benzene rings is 1. The van der Waals surface area contributed by atoms with Gasteiger partial charge in [0.2, 0.25) is 0 Å². The van der Waals surface area contributed by atoms with Gasteiger partial charge in [0.1, 0.15) is 0 Å². The molecule has 1 atom stereocenters. The van der Waals surface area contributed by atoms with Gasteiger partial charge in [-0.25, -0.2) is 0 Å². The highest BCUT2D eigenvalue weighted by Gasteiger charge is 2.31. The second kappa shape index (κ2) is 6.11. The molecule has 2 aromatic rings. The molecular weight excluding hydrogens is 370 g/mol. The van der Waals surface area contributed by atoms with E-state index >= 15 is 0 Å². The van der Waals surface area contributed by atoms with Gasteiger partial charge in [0.15, 0.2) is 0 Å². The van der Waals surface area contributed by atoms with Crippen LogP contribution in [0.5, 0.6) is 0 Å². The van der Waals surface area contributed by atoms with E-state index in [0.717, 1.165) is 23.9 Å². The summed E-state index contributed by atoms with van der Waals surface area (Å²) in [5.74, 6) is 0.0491. The number of thiophene rings is 1. The first-order valence-corrected chi connectivity index (χ1v) is 8.99. The van der Waals surface area contributed by atoms with Crippen LogP contribution in [0.4, 0.5) is 0 Å². The molecule has 0 saturated heterocycles. The molecule has 0 fully saturated rings.